The Labute approximate surface area is 205 Å². The Hall–Kier alpha value is -3.66. The number of alkyl halides is 2. The van der Waals surface area contributed by atoms with Crippen molar-refractivity contribution >= 4 is 28.5 Å². The van der Waals surface area contributed by atoms with Gasteiger partial charge in [-0.05, 0) is 54.8 Å². The monoisotopic (exact) mass is 500 g/mol. The van der Waals surface area contributed by atoms with Gasteiger partial charge in [0.25, 0.3) is 0 Å². The number of aromatic nitrogens is 1. The van der Waals surface area contributed by atoms with Gasteiger partial charge in [-0.25, -0.2) is 4.79 Å². The molecule has 5 rings (SSSR count). The summed E-state index contributed by atoms with van der Waals surface area (Å²) in [6.45, 7) is 5.87. The second-order valence-corrected chi connectivity index (χ2v) is 10.4. The number of benzene rings is 2. The summed E-state index contributed by atoms with van der Waals surface area (Å²) in [5.74, 6) is -1.73. The van der Waals surface area contributed by atoms with Crippen molar-refractivity contribution in [2.45, 2.75) is 63.4 Å². The van der Waals surface area contributed by atoms with Crippen LogP contribution in [-0.4, -0.2) is 39.1 Å². The predicted octanol–water partition coefficient (Wildman–Crippen LogP) is 4.38. The summed E-state index contributed by atoms with van der Waals surface area (Å²) in [4.78, 5) is 24.5. The van der Waals surface area contributed by atoms with Crippen LogP contribution in [0.5, 0.6) is 11.5 Å². The number of hydrogen-bond acceptors (Lipinski definition) is 5. The maximum atomic E-state index is 13.4. The number of carbonyl (C=O) groups excluding carboxylic acids is 1. The largest absolute Gasteiger partial charge is 0.586 e. The number of nitrogens with one attached hydrogen (secondary N) is 1. The van der Waals surface area contributed by atoms with E-state index < -0.39 is 23.8 Å². The van der Waals surface area contributed by atoms with Crippen LogP contribution in [0.2, 0.25) is 0 Å². The van der Waals surface area contributed by atoms with Crippen molar-refractivity contribution in [1.82, 2.24) is 4.57 Å². The summed E-state index contributed by atoms with van der Waals surface area (Å²) < 4.78 is 37.6. The molecule has 1 amide bonds. The summed E-state index contributed by atoms with van der Waals surface area (Å²) in [6, 6.07) is 11.6. The number of carbonyl (C=O) groups is 2. The van der Waals surface area contributed by atoms with E-state index in [9.17, 15) is 28.6 Å². The van der Waals surface area contributed by atoms with Crippen LogP contribution in [0.3, 0.4) is 0 Å². The van der Waals surface area contributed by atoms with E-state index in [1.807, 2.05) is 26.8 Å². The van der Waals surface area contributed by atoms with Crippen LogP contribution >= 0.6 is 0 Å². The van der Waals surface area contributed by atoms with Crippen LogP contribution in [0.15, 0.2) is 42.5 Å². The second-order valence-electron chi connectivity index (χ2n) is 10.4. The van der Waals surface area contributed by atoms with Crippen molar-refractivity contribution in [1.29, 1.82) is 0 Å². The van der Waals surface area contributed by atoms with Crippen molar-refractivity contribution < 1.29 is 38.1 Å². The van der Waals surface area contributed by atoms with E-state index in [2.05, 4.69) is 14.8 Å². The molecule has 0 radical (unpaired) electrons. The molecule has 0 bridgehead atoms. The number of nitrogens with zero attached hydrogens (tertiary/aromatic N) is 1. The Balaban J connectivity index is 1.42. The van der Waals surface area contributed by atoms with E-state index in [0.717, 1.165) is 16.6 Å². The zero-order valence-electron chi connectivity index (χ0n) is 20.0. The number of aliphatic hydroxyl groups is 1. The molecule has 1 atom stereocenters. The fourth-order valence-corrected chi connectivity index (χ4v) is 4.69. The standard InChI is InChI=1S/C26H26F2N2O6/c1-24(2,3)21-11-14-10-16(5-6-17(14)30(21)13-18(31)22(32)33)29-23(34)25(8-9-25)15-4-7-19-20(12-15)36-26(27,28)35-19/h4-7,10-12,18,31H,8-9,13H2,1-3H3,(H,29,34)(H,32,33)/t18-/m1/s1. The van der Waals surface area contributed by atoms with Crippen molar-refractivity contribution in [3.05, 3.63) is 53.7 Å². The molecular weight excluding hydrogens is 474 g/mol. The third-order valence-electron chi connectivity index (χ3n) is 6.71. The third-order valence-corrected chi connectivity index (χ3v) is 6.71. The lowest BCUT2D eigenvalue weighted by Crippen LogP contribution is -2.28. The van der Waals surface area contributed by atoms with Crippen LogP contribution in [0, 0.1) is 0 Å². The molecule has 1 aromatic heterocycles. The Morgan fingerprint density at radius 3 is 2.42 bits per heavy atom. The van der Waals surface area contributed by atoms with Gasteiger partial charge in [-0.15, -0.1) is 8.78 Å². The lowest BCUT2D eigenvalue weighted by atomic mass is 9.92. The lowest BCUT2D eigenvalue weighted by Gasteiger charge is -2.23. The Morgan fingerprint density at radius 1 is 1.08 bits per heavy atom. The molecule has 190 valence electrons. The van der Waals surface area contributed by atoms with E-state index >= 15 is 0 Å². The minimum atomic E-state index is -3.72. The second kappa shape index (κ2) is 7.92. The molecule has 1 saturated carbocycles. The van der Waals surface area contributed by atoms with Gasteiger partial charge in [0.1, 0.15) is 0 Å². The molecule has 0 spiro atoms. The van der Waals surface area contributed by atoms with Gasteiger partial charge in [0.05, 0.1) is 12.0 Å². The highest BCUT2D eigenvalue weighted by molar-refractivity contribution is 6.02. The first-order valence-corrected chi connectivity index (χ1v) is 11.6. The summed E-state index contributed by atoms with van der Waals surface area (Å²) in [5, 5.41) is 22.9. The van der Waals surface area contributed by atoms with E-state index in [4.69, 9.17) is 0 Å². The number of halogens is 2. The zero-order valence-corrected chi connectivity index (χ0v) is 20.0. The summed E-state index contributed by atoms with van der Waals surface area (Å²) >= 11 is 0. The summed E-state index contributed by atoms with van der Waals surface area (Å²) in [6.07, 6.45) is -4.15. The fourth-order valence-electron chi connectivity index (χ4n) is 4.69. The maximum absolute atomic E-state index is 13.4. The van der Waals surface area contributed by atoms with Gasteiger partial charge in [0.15, 0.2) is 17.6 Å². The van der Waals surface area contributed by atoms with Gasteiger partial charge < -0.3 is 29.6 Å². The minimum Gasteiger partial charge on any atom is -0.479 e. The van der Waals surface area contributed by atoms with Crippen LogP contribution in [0.25, 0.3) is 10.9 Å². The SMILES string of the molecule is CC(C)(C)c1cc2cc(NC(=O)C3(c4ccc5c(c4)OC(F)(F)O5)CC3)ccc2n1C[C@@H](O)C(=O)O. The van der Waals surface area contributed by atoms with Crippen molar-refractivity contribution in [2.75, 3.05) is 5.32 Å². The Bertz CT molecular complexity index is 1390. The maximum Gasteiger partial charge on any atom is 0.586 e. The van der Waals surface area contributed by atoms with Crippen LogP contribution in [-0.2, 0) is 27.0 Å². The first-order chi connectivity index (χ1) is 16.8. The molecule has 1 fully saturated rings. The Kier molecular flexibility index (Phi) is 5.29. The van der Waals surface area contributed by atoms with Gasteiger partial charge in [0.2, 0.25) is 5.91 Å². The van der Waals surface area contributed by atoms with E-state index in [1.54, 1.807) is 28.8 Å². The number of ether oxygens (including phenoxy) is 2. The predicted molar refractivity (Wildman–Crippen MR) is 126 cm³/mol. The van der Waals surface area contributed by atoms with Gasteiger partial charge in [-0.1, -0.05) is 26.8 Å². The van der Waals surface area contributed by atoms with E-state index in [-0.39, 0.29) is 29.4 Å². The number of fused-ring (bicyclic) bond motifs is 2. The van der Waals surface area contributed by atoms with Gasteiger partial charge in [0, 0.05) is 27.7 Å². The van der Waals surface area contributed by atoms with Gasteiger partial charge in [-0.2, -0.15) is 0 Å². The summed E-state index contributed by atoms with van der Waals surface area (Å²) in [5.41, 5.74) is 1.52. The van der Waals surface area contributed by atoms with Gasteiger partial charge in [-0.3, -0.25) is 4.79 Å². The van der Waals surface area contributed by atoms with E-state index in [0.29, 0.717) is 24.1 Å². The van der Waals surface area contributed by atoms with Crippen LogP contribution in [0.1, 0.15) is 44.9 Å². The molecule has 2 heterocycles. The molecule has 0 saturated heterocycles. The van der Waals surface area contributed by atoms with Crippen molar-refractivity contribution in [3.63, 3.8) is 0 Å². The number of anilines is 1. The molecule has 2 aliphatic rings. The quantitative estimate of drug-likeness (QED) is 0.464. The van der Waals surface area contributed by atoms with Crippen LogP contribution in [0.4, 0.5) is 14.5 Å². The first kappa shape index (κ1) is 24.1. The normalized spacial score (nSPS) is 18.2. The molecule has 2 aromatic carbocycles. The summed E-state index contributed by atoms with van der Waals surface area (Å²) in [7, 11) is 0. The molecule has 0 unspecified atom stereocenters. The molecule has 8 nitrogen and oxygen atoms in total. The molecule has 3 N–H and O–H groups in total. The van der Waals surface area contributed by atoms with Crippen molar-refractivity contribution in [2.24, 2.45) is 0 Å². The fraction of sp³-hybridized carbons (Fsp3) is 0.385. The smallest absolute Gasteiger partial charge is 0.479 e. The van der Waals surface area contributed by atoms with Gasteiger partial charge >= 0.3 is 12.3 Å². The number of rotatable bonds is 6. The Morgan fingerprint density at radius 2 is 1.78 bits per heavy atom. The highest BCUT2D eigenvalue weighted by Crippen LogP contribution is 2.52. The minimum absolute atomic E-state index is 0.0717. The zero-order chi connectivity index (χ0) is 26.0. The number of aliphatic hydroxyl groups excluding tert-OH is 1. The van der Waals surface area contributed by atoms with Crippen LogP contribution < -0.4 is 14.8 Å². The molecule has 1 aliphatic heterocycles. The highest BCUT2D eigenvalue weighted by atomic mass is 19.3. The molecule has 10 heteroatoms. The third kappa shape index (κ3) is 4.15. The number of carboxylic acid groups (broad SMARTS) is 1. The lowest BCUT2D eigenvalue weighted by molar-refractivity contribution is -0.286. The number of aliphatic carboxylic acids is 1. The molecule has 3 aromatic rings. The number of amides is 1. The van der Waals surface area contributed by atoms with E-state index in [1.165, 1.54) is 12.1 Å². The highest BCUT2D eigenvalue weighted by Gasteiger charge is 2.52. The van der Waals surface area contributed by atoms with Crippen molar-refractivity contribution in [3.8, 4) is 11.5 Å². The first-order valence-electron chi connectivity index (χ1n) is 11.6. The topological polar surface area (TPSA) is 110 Å². The average molecular weight is 500 g/mol. The molecule has 36 heavy (non-hydrogen) atoms. The number of carboxylic acids is 1. The average Bonchev–Trinajstić information content (AvgIpc) is 3.42. The number of hydrogen-bond donors (Lipinski definition) is 3. The molecule has 1 aliphatic carbocycles. The molecular formula is C26H26F2N2O6.